The van der Waals surface area contributed by atoms with Crippen LogP contribution in [0.25, 0.3) is 0 Å². The summed E-state index contributed by atoms with van der Waals surface area (Å²) in [7, 11) is 0. The molecule has 4 nitrogen and oxygen atoms in total. The van der Waals surface area contributed by atoms with Crippen LogP contribution in [0.5, 0.6) is 0 Å². The molecular formula is C20H27N4S+. The number of nitrogens with one attached hydrogen (secondary N) is 2. The lowest BCUT2D eigenvalue weighted by molar-refractivity contribution is -0.364. The molecule has 0 radical (unpaired) electrons. The van der Waals surface area contributed by atoms with E-state index in [0.29, 0.717) is 5.92 Å². The van der Waals surface area contributed by atoms with Crippen molar-refractivity contribution in [1.82, 2.24) is 4.90 Å². The van der Waals surface area contributed by atoms with Crippen LogP contribution in [0.3, 0.4) is 0 Å². The van der Waals surface area contributed by atoms with Gasteiger partial charge in [-0.25, -0.2) is 4.98 Å². The van der Waals surface area contributed by atoms with E-state index in [2.05, 4.69) is 70.3 Å². The molecule has 132 valence electrons. The second-order valence-corrected chi connectivity index (χ2v) is 6.97. The van der Waals surface area contributed by atoms with Gasteiger partial charge in [0.1, 0.15) is 13.1 Å². The quantitative estimate of drug-likeness (QED) is 0.851. The summed E-state index contributed by atoms with van der Waals surface area (Å²) in [5.74, 6) is 1.77. The maximum Gasteiger partial charge on any atom is 0.274 e. The summed E-state index contributed by atoms with van der Waals surface area (Å²) < 4.78 is 0. The van der Waals surface area contributed by atoms with Crippen molar-refractivity contribution in [1.29, 1.82) is 0 Å². The number of thiocarbonyl (C=S) groups is 1. The van der Waals surface area contributed by atoms with Crippen LogP contribution in [0, 0.1) is 0 Å². The summed E-state index contributed by atoms with van der Waals surface area (Å²) >= 11 is 5.61. The standard InChI is InChI=1S/C20H26N4S/c1-3-16(2)17-7-9-18(10-8-17)22-20(25)24-14-12-23(13-15-24)19-6-4-5-11-21-19/h4-11,16H,3,12-15H2,1-2H3,(H,22,25)/p+1/t16-/m1/s1. The third-order valence-corrected chi connectivity index (χ3v) is 5.30. The molecule has 2 heterocycles. The molecule has 1 aromatic heterocycles. The molecular weight excluding hydrogens is 328 g/mol. The number of nitrogens with zero attached hydrogens (tertiary/aromatic N) is 2. The lowest BCUT2D eigenvalue weighted by atomic mass is 9.99. The van der Waals surface area contributed by atoms with Gasteiger partial charge in [0.05, 0.1) is 19.3 Å². The molecule has 0 saturated carbocycles. The van der Waals surface area contributed by atoms with Crippen molar-refractivity contribution in [3.05, 3.63) is 54.2 Å². The third-order valence-electron chi connectivity index (χ3n) is 4.94. The molecule has 0 amide bonds. The van der Waals surface area contributed by atoms with Crippen LogP contribution in [0.1, 0.15) is 31.7 Å². The van der Waals surface area contributed by atoms with Gasteiger partial charge in [0.2, 0.25) is 0 Å². The first kappa shape index (κ1) is 17.7. The van der Waals surface area contributed by atoms with E-state index in [1.165, 1.54) is 11.4 Å². The highest BCUT2D eigenvalue weighted by Gasteiger charge is 2.24. The van der Waals surface area contributed by atoms with Gasteiger partial charge in [-0.15, -0.1) is 0 Å². The number of aromatic nitrogens is 1. The van der Waals surface area contributed by atoms with Gasteiger partial charge >= 0.3 is 0 Å². The van der Waals surface area contributed by atoms with Crippen molar-refractivity contribution in [2.24, 2.45) is 0 Å². The first-order valence-electron chi connectivity index (χ1n) is 9.05. The normalized spacial score (nSPS) is 15.8. The van der Waals surface area contributed by atoms with Gasteiger partial charge in [0.25, 0.3) is 5.82 Å². The number of piperazine rings is 1. The molecule has 1 fully saturated rings. The Kier molecular flexibility index (Phi) is 5.87. The third kappa shape index (κ3) is 4.48. The number of benzene rings is 1. The zero-order chi connectivity index (χ0) is 17.6. The summed E-state index contributed by atoms with van der Waals surface area (Å²) in [4.78, 5) is 7.91. The summed E-state index contributed by atoms with van der Waals surface area (Å²) in [5.41, 5.74) is 2.45. The topological polar surface area (TPSA) is 32.6 Å². The van der Waals surface area contributed by atoms with Crippen molar-refractivity contribution in [3.8, 4) is 0 Å². The molecule has 1 aromatic carbocycles. The lowest BCUT2D eigenvalue weighted by Gasteiger charge is -2.32. The number of H-pyrrole nitrogens is 1. The second-order valence-electron chi connectivity index (χ2n) is 6.58. The Morgan fingerprint density at radius 2 is 1.84 bits per heavy atom. The monoisotopic (exact) mass is 355 g/mol. The Bertz CT molecular complexity index is 679. The molecule has 1 saturated heterocycles. The Morgan fingerprint density at radius 1 is 1.12 bits per heavy atom. The Labute approximate surface area is 155 Å². The van der Waals surface area contributed by atoms with Crippen molar-refractivity contribution < 1.29 is 4.98 Å². The van der Waals surface area contributed by atoms with E-state index in [1.807, 2.05) is 12.3 Å². The molecule has 1 aliphatic rings. The highest BCUT2D eigenvalue weighted by atomic mass is 32.1. The minimum Gasteiger partial charge on any atom is -0.341 e. The van der Waals surface area contributed by atoms with Crippen molar-refractivity contribution in [2.45, 2.75) is 26.2 Å². The second kappa shape index (κ2) is 8.30. The summed E-state index contributed by atoms with van der Waals surface area (Å²) in [5, 5.41) is 4.19. The Morgan fingerprint density at radius 3 is 2.44 bits per heavy atom. The Hall–Kier alpha value is -2.14. The molecule has 0 spiro atoms. The van der Waals surface area contributed by atoms with E-state index >= 15 is 0 Å². The van der Waals surface area contributed by atoms with Gasteiger partial charge in [-0.3, -0.25) is 4.90 Å². The van der Waals surface area contributed by atoms with Crippen molar-refractivity contribution in [2.75, 3.05) is 36.4 Å². The van der Waals surface area contributed by atoms with Crippen LogP contribution in [-0.2, 0) is 0 Å². The lowest BCUT2D eigenvalue weighted by Crippen LogP contribution is -2.51. The minimum absolute atomic E-state index is 0.601. The zero-order valence-electron chi connectivity index (χ0n) is 15.0. The average Bonchev–Trinajstić information content (AvgIpc) is 2.68. The number of pyridine rings is 1. The van der Waals surface area contributed by atoms with Gasteiger partial charge in [0.15, 0.2) is 5.11 Å². The van der Waals surface area contributed by atoms with Crippen LogP contribution in [0.4, 0.5) is 11.5 Å². The predicted octanol–water partition coefficient (Wildman–Crippen LogP) is 3.53. The summed E-state index contributed by atoms with van der Waals surface area (Å²) in [6.45, 7) is 8.28. The van der Waals surface area contributed by atoms with Crippen molar-refractivity contribution >= 4 is 28.8 Å². The zero-order valence-corrected chi connectivity index (χ0v) is 15.9. The van der Waals surface area contributed by atoms with E-state index in [-0.39, 0.29) is 0 Å². The van der Waals surface area contributed by atoms with E-state index in [4.69, 9.17) is 12.2 Å². The molecule has 3 rings (SSSR count). The fraction of sp³-hybridized carbons (Fsp3) is 0.400. The van der Waals surface area contributed by atoms with E-state index in [1.54, 1.807) is 0 Å². The van der Waals surface area contributed by atoms with Gasteiger partial charge in [-0.05, 0) is 48.3 Å². The summed E-state index contributed by atoms with van der Waals surface area (Å²) in [6, 6.07) is 14.8. The fourth-order valence-electron chi connectivity index (χ4n) is 3.06. The van der Waals surface area contributed by atoms with Crippen LogP contribution < -0.4 is 15.2 Å². The van der Waals surface area contributed by atoms with Crippen LogP contribution in [0.2, 0.25) is 0 Å². The molecule has 2 N–H and O–H groups in total. The molecule has 0 bridgehead atoms. The Balaban J connectivity index is 1.53. The maximum absolute atomic E-state index is 5.61. The van der Waals surface area contributed by atoms with E-state index < -0.39 is 0 Å². The molecule has 0 aliphatic carbocycles. The van der Waals surface area contributed by atoms with Crippen LogP contribution in [0.15, 0.2) is 48.7 Å². The largest absolute Gasteiger partial charge is 0.341 e. The molecule has 1 aliphatic heterocycles. The fourth-order valence-corrected chi connectivity index (χ4v) is 3.36. The van der Waals surface area contributed by atoms with Gasteiger partial charge < -0.3 is 10.2 Å². The molecule has 2 aromatic rings. The predicted molar refractivity (Wildman–Crippen MR) is 108 cm³/mol. The van der Waals surface area contributed by atoms with Gasteiger partial charge in [-0.2, -0.15) is 0 Å². The molecule has 0 unspecified atom stereocenters. The van der Waals surface area contributed by atoms with Crippen molar-refractivity contribution in [3.63, 3.8) is 0 Å². The van der Waals surface area contributed by atoms with Crippen LogP contribution in [-0.4, -0.2) is 36.2 Å². The van der Waals surface area contributed by atoms with E-state index in [9.17, 15) is 0 Å². The number of rotatable bonds is 4. The number of hydrogen-bond donors (Lipinski definition) is 1. The first-order chi connectivity index (χ1) is 12.2. The maximum atomic E-state index is 5.61. The van der Waals surface area contributed by atoms with Crippen LogP contribution >= 0.6 is 12.2 Å². The van der Waals surface area contributed by atoms with Gasteiger partial charge in [0, 0.05) is 11.8 Å². The summed E-state index contributed by atoms with van der Waals surface area (Å²) in [6.07, 6.45) is 3.13. The minimum atomic E-state index is 0.601. The smallest absolute Gasteiger partial charge is 0.274 e. The number of aromatic amines is 1. The first-order valence-corrected chi connectivity index (χ1v) is 9.45. The SMILES string of the molecule is CC[C@@H](C)c1ccc(NC(=S)N2CCN(c3cccc[nH+]3)CC2)cc1. The number of hydrogen-bond acceptors (Lipinski definition) is 2. The van der Waals surface area contributed by atoms with E-state index in [0.717, 1.165) is 43.4 Å². The molecule has 25 heavy (non-hydrogen) atoms. The average molecular weight is 356 g/mol. The molecule has 1 atom stereocenters. The molecule has 5 heteroatoms. The highest BCUT2D eigenvalue weighted by Crippen LogP contribution is 2.21. The number of anilines is 2. The van der Waals surface area contributed by atoms with Gasteiger partial charge in [-0.1, -0.05) is 32.0 Å². The highest BCUT2D eigenvalue weighted by molar-refractivity contribution is 7.80.